The maximum absolute atomic E-state index is 5.78. The monoisotopic (exact) mass is 342 g/mol. The SMILES string of the molecule is COc1cc(-c2sncc2-c2ccc(N)cc2)cc(OC)c1OC. The van der Waals surface area contributed by atoms with Crippen LogP contribution in [-0.2, 0) is 0 Å². The molecule has 1 aromatic heterocycles. The van der Waals surface area contributed by atoms with Crippen molar-refractivity contribution in [2.24, 2.45) is 0 Å². The Bertz CT molecular complexity index is 819. The molecule has 0 radical (unpaired) electrons. The summed E-state index contributed by atoms with van der Waals surface area (Å²) in [5.41, 5.74) is 9.56. The Labute approximate surface area is 144 Å². The number of aromatic nitrogens is 1. The number of nitrogens with zero attached hydrogens (tertiary/aromatic N) is 1. The molecule has 2 aromatic carbocycles. The Balaban J connectivity index is 2.14. The summed E-state index contributed by atoms with van der Waals surface area (Å²) in [7, 11) is 4.80. The minimum absolute atomic E-state index is 0.572. The molecular weight excluding hydrogens is 324 g/mol. The van der Waals surface area contributed by atoms with Gasteiger partial charge in [-0.2, -0.15) is 4.37 Å². The van der Waals surface area contributed by atoms with E-state index < -0.39 is 0 Å². The largest absolute Gasteiger partial charge is 0.493 e. The van der Waals surface area contributed by atoms with Crippen molar-refractivity contribution in [3.63, 3.8) is 0 Å². The second kappa shape index (κ2) is 6.80. The Morgan fingerprint density at radius 3 is 2.04 bits per heavy atom. The van der Waals surface area contributed by atoms with Gasteiger partial charge in [0.05, 0.1) is 26.2 Å². The number of hydrogen-bond acceptors (Lipinski definition) is 6. The molecule has 3 rings (SSSR count). The van der Waals surface area contributed by atoms with E-state index in [0.717, 1.165) is 27.3 Å². The zero-order chi connectivity index (χ0) is 17.1. The fraction of sp³-hybridized carbons (Fsp3) is 0.167. The third-order valence-corrected chi connectivity index (χ3v) is 4.57. The van der Waals surface area contributed by atoms with E-state index >= 15 is 0 Å². The first-order valence-corrected chi connectivity index (χ1v) is 8.06. The molecule has 0 bridgehead atoms. The van der Waals surface area contributed by atoms with Crippen LogP contribution in [0.2, 0.25) is 0 Å². The highest BCUT2D eigenvalue weighted by molar-refractivity contribution is 7.10. The lowest BCUT2D eigenvalue weighted by molar-refractivity contribution is 0.324. The fourth-order valence-electron chi connectivity index (χ4n) is 2.53. The first-order valence-electron chi connectivity index (χ1n) is 7.29. The lowest BCUT2D eigenvalue weighted by Crippen LogP contribution is -1.95. The van der Waals surface area contributed by atoms with Gasteiger partial charge in [-0.25, -0.2) is 0 Å². The molecule has 1 heterocycles. The molecule has 2 N–H and O–H groups in total. The standard InChI is InChI=1S/C18H18N2O3S/c1-21-15-8-12(9-16(22-2)17(15)23-3)18-14(10-20-24-18)11-4-6-13(19)7-5-11/h4-10H,19H2,1-3H3. The summed E-state index contributed by atoms with van der Waals surface area (Å²) in [6.45, 7) is 0. The zero-order valence-corrected chi connectivity index (χ0v) is 14.5. The molecule has 0 saturated carbocycles. The van der Waals surface area contributed by atoms with Gasteiger partial charge in [0.1, 0.15) is 0 Å². The Kier molecular flexibility index (Phi) is 4.57. The number of rotatable bonds is 5. The summed E-state index contributed by atoms with van der Waals surface area (Å²) in [5.74, 6) is 1.80. The highest BCUT2D eigenvalue weighted by Crippen LogP contribution is 2.44. The Morgan fingerprint density at radius 2 is 1.50 bits per heavy atom. The van der Waals surface area contributed by atoms with Gasteiger partial charge in [-0.05, 0) is 41.4 Å². The lowest BCUT2D eigenvalue weighted by atomic mass is 10.0. The number of ether oxygens (including phenoxy) is 3. The highest BCUT2D eigenvalue weighted by atomic mass is 32.1. The molecule has 0 aliphatic rings. The number of nitrogen functional groups attached to an aromatic ring is 1. The van der Waals surface area contributed by atoms with Gasteiger partial charge in [-0.3, -0.25) is 0 Å². The smallest absolute Gasteiger partial charge is 0.203 e. The molecule has 0 amide bonds. The molecule has 124 valence electrons. The predicted molar refractivity (Wildman–Crippen MR) is 97.1 cm³/mol. The van der Waals surface area contributed by atoms with E-state index in [9.17, 15) is 0 Å². The molecule has 0 spiro atoms. The van der Waals surface area contributed by atoms with Crippen molar-refractivity contribution in [3.05, 3.63) is 42.6 Å². The maximum Gasteiger partial charge on any atom is 0.203 e. The normalized spacial score (nSPS) is 10.5. The van der Waals surface area contributed by atoms with Gasteiger partial charge in [0.2, 0.25) is 5.75 Å². The quantitative estimate of drug-likeness (QED) is 0.708. The number of methoxy groups -OCH3 is 3. The fourth-order valence-corrected chi connectivity index (χ4v) is 3.28. The second-order valence-electron chi connectivity index (χ2n) is 5.10. The van der Waals surface area contributed by atoms with Crippen molar-refractivity contribution in [2.75, 3.05) is 27.1 Å². The second-order valence-corrected chi connectivity index (χ2v) is 5.91. The van der Waals surface area contributed by atoms with Crippen molar-refractivity contribution in [1.29, 1.82) is 0 Å². The van der Waals surface area contributed by atoms with Crippen LogP contribution in [0.5, 0.6) is 17.2 Å². The van der Waals surface area contributed by atoms with Crippen molar-refractivity contribution in [3.8, 4) is 38.8 Å². The Hall–Kier alpha value is -2.73. The zero-order valence-electron chi connectivity index (χ0n) is 13.7. The van der Waals surface area contributed by atoms with Gasteiger partial charge in [0.25, 0.3) is 0 Å². The van der Waals surface area contributed by atoms with Crippen LogP contribution in [0, 0.1) is 0 Å². The van der Waals surface area contributed by atoms with E-state index in [2.05, 4.69) is 4.37 Å². The summed E-state index contributed by atoms with van der Waals surface area (Å²) >= 11 is 1.42. The van der Waals surface area contributed by atoms with Crippen molar-refractivity contribution in [1.82, 2.24) is 4.37 Å². The minimum atomic E-state index is 0.572. The van der Waals surface area contributed by atoms with Crippen LogP contribution in [0.1, 0.15) is 0 Å². The van der Waals surface area contributed by atoms with E-state index in [1.165, 1.54) is 11.5 Å². The van der Waals surface area contributed by atoms with Gasteiger partial charge < -0.3 is 19.9 Å². The molecule has 3 aromatic rings. The summed E-state index contributed by atoms with van der Waals surface area (Å²) in [5, 5.41) is 0. The molecule has 0 aliphatic heterocycles. The molecule has 0 fully saturated rings. The summed E-state index contributed by atoms with van der Waals surface area (Å²) in [6, 6.07) is 11.6. The van der Waals surface area contributed by atoms with Crippen LogP contribution in [0.4, 0.5) is 5.69 Å². The van der Waals surface area contributed by atoms with Gasteiger partial charge in [-0.1, -0.05) is 12.1 Å². The molecular formula is C18H18N2O3S. The van der Waals surface area contributed by atoms with Crippen molar-refractivity contribution in [2.45, 2.75) is 0 Å². The molecule has 0 saturated heterocycles. The number of nitrogens with two attached hydrogens (primary N) is 1. The van der Waals surface area contributed by atoms with Crippen molar-refractivity contribution >= 4 is 17.2 Å². The Morgan fingerprint density at radius 1 is 0.875 bits per heavy atom. The van der Waals surface area contributed by atoms with E-state index in [-0.39, 0.29) is 0 Å². The van der Waals surface area contributed by atoms with Gasteiger partial charge in [-0.15, -0.1) is 0 Å². The van der Waals surface area contributed by atoms with Crippen LogP contribution in [0.15, 0.2) is 42.6 Å². The minimum Gasteiger partial charge on any atom is -0.493 e. The predicted octanol–water partition coefficient (Wildman–Crippen LogP) is 4.09. The van der Waals surface area contributed by atoms with Gasteiger partial charge in [0.15, 0.2) is 11.5 Å². The molecule has 6 heteroatoms. The summed E-state index contributed by atoms with van der Waals surface area (Å²) < 4.78 is 20.6. The molecule has 5 nitrogen and oxygen atoms in total. The third-order valence-electron chi connectivity index (χ3n) is 3.72. The molecule has 0 unspecified atom stereocenters. The van der Waals surface area contributed by atoms with E-state index in [1.54, 1.807) is 21.3 Å². The molecule has 0 aliphatic carbocycles. The van der Waals surface area contributed by atoms with Crippen LogP contribution in [0.3, 0.4) is 0 Å². The molecule has 0 atom stereocenters. The summed E-state index contributed by atoms with van der Waals surface area (Å²) in [4.78, 5) is 1.03. The topological polar surface area (TPSA) is 66.6 Å². The first-order chi connectivity index (χ1) is 11.7. The lowest BCUT2D eigenvalue weighted by Gasteiger charge is -2.14. The first kappa shape index (κ1) is 16.1. The van der Waals surface area contributed by atoms with E-state index in [1.807, 2.05) is 42.6 Å². The summed E-state index contributed by atoms with van der Waals surface area (Å²) in [6.07, 6.45) is 1.86. The van der Waals surface area contributed by atoms with Crippen LogP contribution >= 0.6 is 11.5 Å². The van der Waals surface area contributed by atoms with E-state index in [4.69, 9.17) is 19.9 Å². The van der Waals surface area contributed by atoms with E-state index in [0.29, 0.717) is 17.2 Å². The van der Waals surface area contributed by atoms with Gasteiger partial charge >= 0.3 is 0 Å². The number of benzene rings is 2. The highest BCUT2D eigenvalue weighted by Gasteiger charge is 2.17. The average molecular weight is 342 g/mol. The van der Waals surface area contributed by atoms with Crippen LogP contribution < -0.4 is 19.9 Å². The maximum atomic E-state index is 5.78. The van der Waals surface area contributed by atoms with Crippen LogP contribution in [-0.4, -0.2) is 25.7 Å². The van der Waals surface area contributed by atoms with Gasteiger partial charge in [0, 0.05) is 23.0 Å². The van der Waals surface area contributed by atoms with Crippen molar-refractivity contribution < 1.29 is 14.2 Å². The van der Waals surface area contributed by atoms with Crippen LogP contribution in [0.25, 0.3) is 21.6 Å². The number of anilines is 1. The average Bonchev–Trinajstić information content (AvgIpc) is 3.10. The molecule has 24 heavy (non-hydrogen) atoms. The number of hydrogen-bond donors (Lipinski definition) is 1. The third kappa shape index (κ3) is 2.88.